The zero-order chi connectivity index (χ0) is 19.0. The van der Waals surface area contributed by atoms with E-state index >= 15 is 0 Å². The number of rotatable bonds is 5. The molecule has 138 valence electrons. The first-order valence-corrected chi connectivity index (χ1v) is 8.45. The Bertz CT molecular complexity index is 1130. The average Bonchev–Trinajstić information content (AvgIpc) is 3.14. The summed E-state index contributed by atoms with van der Waals surface area (Å²) in [5.74, 6) is 3.43. The van der Waals surface area contributed by atoms with E-state index in [0.29, 0.717) is 17.2 Å². The van der Waals surface area contributed by atoms with Crippen LogP contribution in [-0.4, -0.2) is 38.0 Å². The molecular weight excluding hydrogens is 344 g/mol. The summed E-state index contributed by atoms with van der Waals surface area (Å²) in [6.45, 7) is 0. The van der Waals surface area contributed by atoms with E-state index in [-0.39, 0.29) is 0 Å². The predicted octanol–water partition coefficient (Wildman–Crippen LogP) is 4.21. The van der Waals surface area contributed by atoms with Crippen LogP contribution in [0.5, 0.6) is 23.0 Å². The van der Waals surface area contributed by atoms with Crippen molar-refractivity contribution in [3.05, 3.63) is 48.7 Å². The highest BCUT2D eigenvalue weighted by Crippen LogP contribution is 2.44. The summed E-state index contributed by atoms with van der Waals surface area (Å²) in [7, 11) is 6.49. The molecule has 0 aliphatic carbocycles. The molecule has 6 heteroatoms. The molecule has 0 aliphatic heterocycles. The maximum atomic E-state index is 5.58. The fourth-order valence-corrected chi connectivity index (χ4v) is 3.31. The Morgan fingerprint density at radius 2 is 1.59 bits per heavy atom. The van der Waals surface area contributed by atoms with Gasteiger partial charge in [0.15, 0.2) is 11.5 Å². The van der Waals surface area contributed by atoms with Crippen molar-refractivity contribution in [3.63, 3.8) is 0 Å². The quantitative estimate of drug-likeness (QED) is 0.531. The SMILES string of the molecule is COc1ccc2nc(-n3ccc4c(OC)c(OC)c(OC)cc43)ccc2c1. The Kier molecular flexibility index (Phi) is 4.24. The highest BCUT2D eigenvalue weighted by Gasteiger charge is 2.19. The minimum Gasteiger partial charge on any atom is -0.497 e. The maximum absolute atomic E-state index is 5.58. The third-order valence-electron chi connectivity index (χ3n) is 4.62. The topological polar surface area (TPSA) is 54.7 Å². The van der Waals surface area contributed by atoms with Crippen molar-refractivity contribution < 1.29 is 18.9 Å². The van der Waals surface area contributed by atoms with E-state index in [9.17, 15) is 0 Å². The average molecular weight is 364 g/mol. The summed E-state index contributed by atoms with van der Waals surface area (Å²) < 4.78 is 23.8. The number of pyridine rings is 1. The lowest BCUT2D eigenvalue weighted by atomic mass is 10.2. The summed E-state index contributed by atoms with van der Waals surface area (Å²) in [6, 6.07) is 13.7. The van der Waals surface area contributed by atoms with Gasteiger partial charge in [-0.15, -0.1) is 0 Å². The van der Waals surface area contributed by atoms with Crippen molar-refractivity contribution in [1.82, 2.24) is 9.55 Å². The molecule has 0 amide bonds. The van der Waals surface area contributed by atoms with E-state index in [2.05, 4.69) is 0 Å². The van der Waals surface area contributed by atoms with Crippen molar-refractivity contribution in [2.24, 2.45) is 0 Å². The lowest BCUT2D eigenvalue weighted by Gasteiger charge is -2.14. The molecule has 0 saturated heterocycles. The number of hydrogen-bond donors (Lipinski definition) is 0. The van der Waals surface area contributed by atoms with E-state index < -0.39 is 0 Å². The molecule has 0 bridgehead atoms. The molecule has 4 aromatic rings. The van der Waals surface area contributed by atoms with E-state index in [0.717, 1.165) is 33.4 Å². The molecular formula is C21H20N2O4. The minimum absolute atomic E-state index is 0.573. The summed E-state index contributed by atoms with van der Waals surface area (Å²) in [6.07, 6.45) is 1.96. The lowest BCUT2D eigenvalue weighted by molar-refractivity contribution is 0.327. The van der Waals surface area contributed by atoms with Gasteiger partial charge < -0.3 is 23.5 Å². The number of nitrogens with zero attached hydrogens (tertiary/aromatic N) is 2. The molecule has 2 heterocycles. The standard InChI is InChI=1S/C21H20N2O4/c1-24-14-6-7-16-13(11-14)5-8-19(22-16)23-10-9-15-17(23)12-18(25-2)21(27-4)20(15)26-3/h5-12H,1-4H3. The Labute approximate surface area is 156 Å². The van der Waals surface area contributed by atoms with E-state index in [4.69, 9.17) is 23.9 Å². The van der Waals surface area contributed by atoms with Gasteiger partial charge in [0.25, 0.3) is 0 Å². The van der Waals surface area contributed by atoms with Gasteiger partial charge in [-0.25, -0.2) is 4.98 Å². The molecule has 0 N–H and O–H groups in total. The van der Waals surface area contributed by atoms with Crippen LogP contribution in [0.15, 0.2) is 48.7 Å². The molecule has 6 nitrogen and oxygen atoms in total. The predicted molar refractivity (Wildman–Crippen MR) is 105 cm³/mol. The zero-order valence-corrected chi connectivity index (χ0v) is 15.6. The van der Waals surface area contributed by atoms with Crippen molar-refractivity contribution in [2.45, 2.75) is 0 Å². The van der Waals surface area contributed by atoms with Crippen molar-refractivity contribution in [3.8, 4) is 28.8 Å². The summed E-state index contributed by atoms with van der Waals surface area (Å²) in [5, 5.41) is 1.94. The van der Waals surface area contributed by atoms with E-state index in [1.165, 1.54) is 0 Å². The van der Waals surface area contributed by atoms with Crippen LogP contribution >= 0.6 is 0 Å². The van der Waals surface area contributed by atoms with Crippen LogP contribution in [-0.2, 0) is 0 Å². The second kappa shape index (κ2) is 6.72. The summed E-state index contributed by atoms with van der Waals surface area (Å²) in [4.78, 5) is 4.79. The molecule has 2 aromatic heterocycles. The first-order valence-electron chi connectivity index (χ1n) is 8.45. The molecule has 0 fully saturated rings. The third kappa shape index (κ3) is 2.70. The highest BCUT2D eigenvalue weighted by atomic mass is 16.5. The Morgan fingerprint density at radius 1 is 0.778 bits per heavy atom. The molecule has 0 aliphatic rings. The monoisotopic (exact) mass is 364 g/mol. The fraction of sp³-hybridized carbons (Fsp3) is 0.190. The largest absolute Gasteiger partial charge is 0.497 e. The van der Waals surface area contributed by atoms with Crippen LogP contribution in [0.4, 0.5) is 0 Å². The fourth-order valence-electron chi connectivity index (χ4n) is 3.31. The summed E-state index contributed by atoms with van der Waals surface area (Å²) in [5.41, 5.74) is 1.81. The number of ether oxygens (including phenoxy) is 4. The number of aromatic nitrogens is 2. The van der Waals surface area contributed by atoms with Gasteiger partial charge in [0.1, 0.15) is 11.6 Å². The van der Waals surface area contributed by atoms with Crippen molar-refractivity contribution in [1.29, 1.82) is 0 Å². The van der Waals surface area contributed by atoms with E-state index in [1.807, 2.05) is 53.2 Å². The van der Waals surface area contributed by atoms with Crippen LogP contribution < -0.4 is 18.9 Å². The molecule has 0 spiro atoms. The first kappa shape index (κ1) is 17.0. The normalized spacial score (nSPS) is 11.0. The van der Waals surface area contributed by atoms with Gasteiger partial charge >= 0.3 is 0 Å². The molecule has 0 radical (unpaired) electrons. The Hall–Kier alpha value is -3.41. The van der Waals surface area contributed by atoms with Crippen LogP contribution in [0.2, 0.25) is 0 Å². The van der Waals surface area contributed by atoms with Crippen LogP contribution in [0, 0.1) is 0 Å². The molecule has 0 unspecified atom stereocenters. The van der Waals surface area contributed by atoms with Gasteiger partial charge in [0.05, 0.1) is 39.5 Å². The molecule has 0 saturated carbocycles. The van der Waals surface area contributed by atoms with Gasteiger partial charge in [0.2, 0.25) is 5.75 Å². The summed E-state index contributed by atoms with van der Waals surface area (Å²) >= 11 is 0. The lowest BCUT2D eigenvalue weighted by Crippen LogP contribution is -1.99. The van der Waals surface area contributed by atoms with Gasteiger partial charge in [0, 0.05) is 23.0 Å². The molecule has 4 rings (SSSR count). The highest BCUT2D eigenvalue weighted by molar-refractivity contribution is 5.93. The third-order valence-corrected chi connectivity index (χ3v) is 4.62. The molecule has 2 aromatic carbocycles. The van der Waals surface area contributed by atoms with Crippen LogP contribution in [0.3, 0.4) is 0 Å². The number of hydrogen-bond acceptors (Lipinski definition) is 5. The van der Waals surface area contributed by atoms with Gasteiger partial charge in [-0.3, -0.25) is 0 Å². The second-order valence-electron chi connectivity index (χ2n) is 5.99. The second-order valence-corrected chi connectivity index (χ2v) is 5.99. The van der Waals surface area contributed by atoms with E-state index in [1.54, 1.807) is 28.4 Å². The Balaban J connectivity index is 1.92. The number of fused-ring (bicyclic) bond motifs is 2. The van der Waals surface area contributed by atoms with Crippen molar-refractivity contribution >= 4 is 21.8 Å². The van der Waals surface area contributed by atoms with Crippen molar-refractivity contribution in [2.75, 3.05) is 28.4 Å². The van der Waals surface area contributed by atoms with Crippen LogP contribution in [0.1, 0.15) is 0 Å². The zero-order valence-electron chi connectivity index (χ0n) is 15.6. The van der Waals surface area contributed by atoms with Gasteiger partial charge in [-0.1, -0.05) is 0 Å². The van der Waals surface area contributed by atoms with Crippen LogP contribution in [0.25, 0.3) is 27.6 Å². The minimum atomic E-state index is 0.573. The Morgan fingerprint density at radius 3 is 2.30 bits per heavy atom. The maximum Gasteiger partial charge on any atom is 0.204 e. The molecule has 0 atom stereocenters. The molecule has 27 heavy (non-hydrogen) atoms. The van der Waals surface area contributed by atoms with Gasteiger partial charge in [-0.2, -0.15) is 0 Å². The number of methoxy groups -OCH3 is 4. The smallest absolute Gasteiger partial charge is 0.204 e. The van der Waals surface area contributed by atoms with Gasteiger partial charge in [-0.05, 0) is 36.4 Å². The number of benzene rings is 2. The first-order chi connectivity index (χ1) is 13.2.